The molecule has 1 heterocycles. The van der Waals surface area contributed by atoms with E-state index in [0.717, 1.165) is 50.8 Å². The average molecular weight is 556 g/mol. The van der Waals surface area contributed by atoms with Crippen molar-refractivity contribution < 1.29 is 24.0 Å². The van der Waals surface area contributed by atoms with Crippen LogP contribution in [0.5, 0.6) is 0 Å². The summed E-state index contributed by atoms with van der Waals surface area (Å²) in [7, 11) is 0. The van der Waals surface area contributed by atoms with Gasteiger partial charge in [-0.1, -0.05) is 38.4 Å². The molecule has 1 saturated heterocycles. The highest BCUT2D eigenvalue weighted by molar-refractivity contribution is 5.91. The molecule has 0 aromatic rings. The molecule has 4 aliphatic carbocycles. The van der Waals surface area contributed by atoms with Gasteiger partial charge in [0.25, 0.3) is 6.47 Å². The van der Waals surface area contributed by atoms with Crippen molar-refractivity contribution in [3.8, 4) is 0 Å². The lowest BCUT2D eigenvalue weighted by Gasteiger charge is -2.58. The Morgan fingerprint density at radius 1 is 1.12 bits per heavy atom. The van der Waals surface area contributed by atoms with Gasteiger partial charge in [0.2, 0.25) is 0 Å². The number of carbonyl (C=O) groups excluding carboxylic acids is 3. The van der Waals surface area contributed by atoms with Crippen molar-refractivity contribution in [2.45, 2.75) is 105 Å². The average Bonchev–Trinajstić information content (AvgIpc) is 3.45. The predicted octanol–water partition coefficient (Wildman–Crippen LogP) is 5.86. The summed E-state index contributed by atoms with van der Waals surface area (Å²) in [5.74, 6) is 2.56. The molecule has 40 heavy (non-hydrogen) atoms. The fourth-order valence-corrected chi connectivity index (χ4v) is 9.55. The Morgan fingerprint density at radius 2 is 1.93 bits per heavy atom. The van der Waals surface area contributed by atoms with E-state index >= 15 is 0 Å². The fourth-order valence-electron chi connectivity index (χ4n) is 9.55. The maximum absolute atomic E-state index is 13.0. The molecule has 222 valence electrons. The molecule has 3 saturated carbocycles. The molecule has 8 heteroatoms. The standard InChI is InChI=1S/C32H49N3O5/c1-21(34-40-29(38)35(19-39-20-36)15-12-23-17-30(2,3)18-33-23)26-8-9-27-25-7-6-22-16-24(37)10-13-31(22,4)28(25)11-14-32(26,27)5/h16,20,23,25-28,33H,6-15,17-19H2,1-5H3/b34-21+/t23?,25-,26+,27-,28-,31-,32+/m0/s1. The summed E-state index contributed by atoms with van der Waals surface area (Å²) in [6.07, 6.45) is 11.7. The highest BCUT2D eigenvalue weighted by atomic mass is 16.7. The lowest BCUT2D eigenvalue weighted by atomic mass is 9.46. The first-order valence-electron chi connectivity index (χ1n) is 15.5. The third kappa shape index (κ3) is 5.49. The minimum atomic E-state index is -0.576. The SMILES string of the molecule is C/C(=N\OC(=O)N(CCC1CC(C)(C)CN1)COC=O)[C@H]1CC[C@H]2[C@@H]3CCC4=CC(=O)CC[C@]4(C)[C@H]3CC[C@]12C. The molecule has 7 atom stereocenters. The first-order chi connectivity index (χ1) is 19.0. The molecule has 4 fully saturated rings. The number of hydrogen-bond donors (Lipinski definition) is 1. The second-order valence-corrected chi connectivity index (χ2v) is 14.6. The van der Waals surface area contributed by atoms with Gasteiger partial charge < -0.3 is 10.1 Å². The monoisotopic (exact) mass is 555 g/mol. The van der Waals surface area contributed by atoms with E-state index in [1.807, 2.05) is 13.0 Å². The second-order valence-electron chi connectivity index (χ2n) is 14.6. The Labute approximate surface area is 239 Å². The van der Waals surface area contributed by atoms with Crippen LogP contribution in [0, 0.1) is 39.9 Å². The molecule has 0 aromatic heterocycles. The quantitative estimate of drug-likeness (QED) is 0.133. The van der Waals surface area contributed by atoms with Gasteiger partial charge in [-0.05, 0) is 105 Å². The number of carbonyl (C=O) groups is 3. The van der Waals surface area contributed by atoms with Crippen LogP contribution in [0.15, 0.2) is 16.8 Å². The molecule has 1 aliphatic heterocycles. The van der Waals surface area contributed by atoms with E-state index in [1.54, 1.807) is 0 Å². The molecule has 1 N–H and O–H groups in total. The largest absolute Gasteiger partial charge is 0.446 e. The Morgan fingerprint density at radius 3 is 2.65 bits per heavy atom. The van der Waals surface area contributed by atoms with Crippen molar-refractivity contribution in [3.05, 3.63) is 11.6 Å². The van der Waals surface area contributed by atoms with E-state index < -0.39 is 6.09 Å². The van der Waals surface area contributed by atoms with Crippen LogP contribution in [0.1, 0.15) is 98.8 Å². The molecule has 8 nitrogen and oxygen atoms in total. The van der Waals surface area contributed by atoms with Crippen LogP contribution in [-0.2, 0) is 19.2 Å². The highest BCUT2D eigenvalue weighted by Crippen LogP contribution is 2.66. The Balaban J connectivity index is 1.22. The molecule has 0 aromatic carbocycles. The number of ketones is 1. The van der Waals surface area contributed by atoms with Gasteiger partial charge in [0.1, 0.15) is 0 Å². The minimum absolute atomic E-state index is 0.139. The van der Waals surface area contributed by atoms with Crippen LogP contribution in [0.2, 0.25) is 0 Å². The number of nitrogens with zero attached hydrogens (tertiary/aromatic N) is 2. The van der Waals surface area contributed by atoms with E-state index in [-0.39, 0.29) is 28.9 Å². The first kappa shape index (κ1) is 29.3. The molecule has 0 spiro atoms. The van der Waals surface area contributed by atoms with Crippen LogP contribution in [0.3, 0.4) is 0 Å². The van der Waals surface area contributed by atoms with Gasteiger partial charge in [-0.3, -0.25) is 19.3 Å². The summed E-state index contributed by atoms with van der Waals surface area (Å²) >= 11 is 0. The maximum Gasteiger partial charge on any atom is 0.438 e. The third-order valence-electron chi connectivity index (χ3n) is 11.7. The number of hydrogen-bond acceptors (Lipinski definition) is 7. The number of nitrogens with one attached hydrogen (secondary N) is 1. The fraction of sp³-hybridized carbons (Fsp3) is 0.812. The van der Waals surface area contributed by atoms with Crippen LogP contribution >= 0.6 is 0 Å². The van der Waals surface area contributed by atoms with Gasteiger partial charge >= 0.3 is 6.09 Å². The first-order valence-corrected chi connectivity index (χ1v) is 15.5. The van der Waals surface area contributed by atoms with E-state index in [9.17, 15) is 14.4 Å². The van der Waals surface area contributed by atoms with Crippen LogP contribution in [-0.4, -0.2) is 54.8 Å². The van der Waals surface area contributed by atoms with Crippen LogP contribution < -0.4 is 5.32 Å². The number of rotatable bonds is 8. The number of amides is 1. The van der Waals surface area contributed by atoms with E-state index in [4.69, 9.17) is 9.57 Å². The highest BCUT2D eigenvalue weighted by Gasteiger charge is 2.59. The van der Waals surface area contributed by atoms with E-state index in [0.29, 0.717) is 49.0 Å². The van der Waals surface area contributed by atoms with Crippen molar-refractivity contribution in [2.24, 2.45) is 45.1 Å². The number of ether oxygens (including phenoxy) is 1. The van der Waals surface area contributed by atoms with Crippen molar-refractivity contribution in [3.63, 3.8) is 0 Å². The molecule has 1 unspecified atom stereocenters. The van der Waals surface area contributed by atoms with Crippen molar-refractivity contribution in [2.75, 3.05) is 19.8 Å². The van der Waals surface area contributed by atoms with Crippen molar-refractivity contribution >= 4 is 24.1 Å². The zero-order valence-corrected chi connectivity index (χ0v) is 25.2. The van der Waals surface area contributed by atoms with Crippen molar-refractivity contribution in [1.82, 2.24) is 10.2 Å². The number of oxime groups is 1. The summed E-state index contributed by atoms with van der Waals surface area (Å²) in [5, 5.41) is 7.90. The molecular weight excluding hydrogens is 506 g/mol. The summed E-state index contributed by atoms with van der Waals surface area (Å²) in [5.41, 5.74) is 2.85. The molecule has 0 radical (unpaired) electrons. The van der Waals surface area contributed by atoms with E-state index in [1.165, 1.54) is 29.7 Å². The summed E-state index contributed by atoms with van der Waals surface area (Å²) in [4.78, 5) is 42.9. The Hall–Kier alpha value is -2.22. The summed E-state index contributed by atoms with van der Waals surface area (Å²) < 4.78 is 4.92. The molecular formula is C32H49N3O5. The second kappa shape index (κ2) is 11.2. The van der Waals surface area contributed by atoms with E-state index in [2.05, 4.69) is 38.2 Å². The smallest absolute Gasteiger partial charge is 0.438 e. The normalized spacial score (nSPS) is 38.5. The summed E-state index contributed by atoms with van der Waals surface area (Å²) in [6.45, 7) is 12.9. The Bertz CT molecular complexity index is 1070. The van der Waals surface area contributed by atoms with Crippen molar-refractivity contribution in [1.29, 1.82) is 0 Å². The minimum Gasteiger partial charge on any atom is -0.446 e. The Kier molecular flexibility index (Phi) is 8.21. The topological polar surface area (TPSA) is 97.3 Å². The van der Waals surface area contributed by atoms with Gasteiger partial charge in [-0.15, -0.1) is 0 Å². The van der Waals surface area contributed by atoms with Crippen LogP contribution in [0.25, 0.3) is 0 Å². The number of allylic oxidation sites excluding steroid dienone is 1. The van der Waals surface area contributed by atoms with Gasteiger partial charge in [0, 0.05) is 31.5 Å². The zero-order valence-electron chi connectivity index (χ0n) is 25.2. The maximum atomic E-state index is 13.0. The van der Waals surface area contributed by atoms with Gasteiger partial charge in [-0.2, -0.15) is 0 Å². The molecule has 5 rings (SSSR count). The summed E-state index contributed by atoms with van der Waals surface area (Å²) in [6, 6.07) is 0.319. The molecule has 1 amide bonds. The third-order valence-corrected chi connectivity index (χ3v) is 11.7. The number of fused-ring (bicyclic) bond motifs is 5. The molecule has 5 aliphatic rings. The van der Waals surface area contributed by atoms with Gasteiger partial charge in [0.05, 0.1) is 5.71 Å². The lowest BCUT2D eigenvalue weighted by molar-refractivity contribution is -0.132. The van der Waals surface area contributed by atoms with Crippen LogP contribution in [0.4, 0.5) is 4.79 Å². The lowest BCUT2D eigenvalue weighted by Crippen LogP contribution is -2.51. The zero-order chi connectivity index (χ0) is 28.7. The van der Waals surface area contributed by atoms with Gasteiger partial charge in [-0.25, -0.2) is 4.79 Å². The molecule has 0 bridgehead atoms. The van der Waals surface area contributed by atoms with Gasteiger partial charge in [0.15, 0.2) is 12.5 Å². The predicted molar refractivity (Wildman–Crippen MR) is 153 cm³/mol.